The summed E-state index contributed by atoms with van der Waals surface area (Å²) < 4.78 is 22.5. The molecule has 0 radical (unpaired) electrons. The van der Waals surface area contributed by atoms with Crippen molar-refractivity contribution in [1.29, 1.82) is 0 Å². The lowest BCUT2D eigenvalue weighted by Crippen LogP contribution is -2.42. The molecule has 2 N–H and O–H groups in total. The van der Waals surface area contributed by atoms with Gasteiger partial charge in [0.25, 0.3) is 0 Å². The van der Waals surface area contributed by atoms with Gasteiger partial charge in [-0.25, -0.2) is 8.42 Å². The Morgan fingerprint density at radius 2 is 1.74 bits per heavy atom. The molecule has 2 rings (SSSR count). The summed E-state index contributed by atoms with van der Waals surface area (Å²) in [5, 5.41) is 6.65. The zero-order chi connectivity index (χ0) is 16.0. The molecule has 1 aromatic carbocycles. The molecule has 0 amide bonds. The monoisotopic (exact) mass is 449 g/mol. The fourth-order valence-corrected chi connectivity index (χ4v) is 3.16. The van der Waals surface area contributed by atoms with E-state index in [1.165, 1.54) is 6.26 Å². The first-order chi connectivity index (χ1) is 10.5. The van der Waals surface area contributed by atoms with E-state index in [9.17, 15) is 8.42 Å². The molecule has 1 aliphatic carbocycles. The van der Waals surface area contributed by atoms with Gasteiger partial charge in [-0.1, -0.05) is 36.4 Å². The number of nitrogens with zero attached hydrogens (tertiary/aromatic N) is 1. The Kier molecular flexibility index (Phi) is 8.04. The number of halogens is 1. The highest BCUT2D eigenvalue weighted by Crippen LogP contribution is 2.09. The van der Waals surface area contributed by atoms with Gasteiger partial charge in [0.1, 0.15) is 0 Å². The number of rotatable bonds is 5. The van der Waals surface area contributed by atoms with Gasteiger partial charge in [0, 0.05) is 25.9 Å². The van der Waals surface area contributed by atoms with Crippen LogP contribution in [0.4, 0.5) is 0 Å². The minimum Gasteiger partial charge on any atom is -0.353 e. The van der Waals surface area contributed by atoms with E-state index in [0.29, 0.717) is 12.6 Å². The fourth-order valence-electron chi connectivity index (χ4n) is 2.36. The molecule has 5 nitrogen and oxygen atoms in total. The summed E-state index contributed by atoms with van der Waals surface area (Å²) in [6.45, 7) is 0.652. The van der Waals surface area contributed by atoms with E-state index in [1.807, 2.05) is 24.3 Å². The van der Waals surface area contributed by atoms with Gasteiger partial charge in [0.15, 0.2) is 15.8 Å². The quantitative estimate of drug-likeness (QED) is 0.313. The van der Waals surface area contributed by atoms with Crippen LogP contribution in [0.5, 0.6) is 0 Å². The SMILES string of the molecule is CN=C(NCc1ccc(CS(C)(=O)=O)cc1)NC1CC=CC1.I. The van der Waals surface area contributed by atoms with Crippen LogP contribution >= 0.6 is 24.0 Å². The zero-order valence-electron chi connectivity index (χ0n) is 13.5. The van der Waals surface area contributed by atoms with Gasteiger partial charge in [-0.2, -0.15) is 0 Å². The Hall–Kier alpha value is -1.09. The molecule has 0 aliphatic heterocycles. The van der Waals surface area contributed by atoms with Crippen molar-refractivity contribution >= 4 is 39.8 Å². The van der Waals surface area contributed by atoms with Crippen LogP contribution in [-0.2, 0) is 22.1 Å². The lowest BCUT2D eigenvalue weighted by atomic mass is 10.1. The van der Waals surface area contributed by atoms with Crippen LogP contribution in [0.2, 0.25) is 0 Å². The lowest BCUT2D eigenvalue weighted by Gasteiger charge is -2.17. The summed E-state index contributed by atoms with van der Waals surface area (Å²) in [6.07, 6.45) is 7.65. The van der Waals surface area contributed by atoms with Crippen molar-refractivity contribution in [3.05, 3.63) is 47.5 Å². The zero-order valence-corrected chi connectivity index (χ0v) is 16.6. The first kappa shape index (κ1) is 20.0. The van der Waals surface area contributed by atoms with Crippen LogP contribution in [0.15, 0.2) is 41.4 Å². The average Bonchev–Trinajstić information content (AvgIpc) is 2.96. The van der Waals surface area contributed by atoms with Crippen LogP contribution in [0.25, 0.3) is 0 Å². The standard InChI is InChI=1S/C16H23N3O2S.HI/c1-17-16(19-15-5-3-4-6-15)18-11-13-7-9-14(10-8-13)12-22(2,20)21;/h3-4,7-10,15H,5-6,11-12H2,1-2H3,(H2,17,18,19);1H. The molecule has 0 bridgehead atoms. The first-order valence-corrected chi connectivity index (χ1v) is 9.40. The van der Waals surface area contributed by atoms with Crippen LogP contribution in [0, 0.1) is 0 Å². The smallest absolute Gasteiger partial charge is 0.191 e. The van der Waals surface area contributed by atoms with Crippen molar-refractivity contribution in [3.63, 3.8) is 0 Å². The second kappa shape index (κ2) is 9.27. The number of benzene rings is 1. The van der Waals surface area contributed by atoms with E-state index >= 15 is 0 Å². The lowest BCUT2D eigenvalue weighted by molar-refractivity contribution is 0.601. The minimum absolute atomic E-state index is 0. The van der Waals surface area contributed by atoms with Crippen molar-refractivity contribution in [3.8, 4) is 0 Å². The highest BCUT2D eigenvalue weighted by Gasteiger charge is 2.11. The Bertz CT molecular complexity index is 646. The molecule has 128 valence electrons. The van der Waals surface area contributed by atoms with Crippen molar-refractivity contribution in [2.45, 2.75) is 31.2 Å². The fraction of sp³-hybridized carbons (Fsp3) is 0.438. The van der Waals surface area contributed by atoms with Crippen LogP contribution < -0.4 is 10.6 Å². The summed E-state index contributed by atoms with van der Waals surface area (Å²) >= 11 is 0. The van der Waals surface area contributed by atoms with Gasteiger partial charge >= 0.3 is 0 Å². The van der Waals surface area contributed by atoms with E-state index in [1.54, 1.807) is 7.05 Å². The summed E-state index contributed by atoms with van der Waals surface area (Å²) in [5.41, 5.74) is 1.90. The number of hydrogen-bond acceptors (Lipinski definition) is 3. The largest absolute Gasteiger partial charge is 0.353 e. The Morgan fingerprint density at radius 1 is 1.17 bits per heavy atom. The molecule has 0 spiro atoms. The molecular formula is C16H24IN3O2S. The highest BCUT2D eigenvalue weighted by atomic mass is 127. The maximum atomic E-state index is 11.3. The van der Waals surface area contributed by atoms with Gasteiger partial charge in [0.05, 0.1) is 5.75 Å². The molecule has 0 aromatic heterocycles. The maximum Gasteiger partial charge on any atom is 0.191 e. The van der Waals surface area contributed by atoms with Gasteiger partial charge in [0.2, 0.25) is 0 Å². The third-order valence-electron chi connectivity index (χ3n) is 3.48. The number of aliphatic imine (C=N–C) groups is 1. The van der Waals surface area contributed by atoms with E-state index < -0.39 is 9.84 Å². The molecule has 23 heavy (non-hydrogen) atoms. The average molecular weight is 449 g/mol. The van der Waals surface area contributed by atoms with E-state index in [-0.39, 0.29) is 29.7 Å². The molecule has 0 saturated heterocycles. The van der Waals surface area contributed by atoms with Gasteiger partial charge < -0.3 is 10.6 Å². The van der Waals surface area contributed by atoms with Crippen molar-refractivity contribution in [2.24, 2.45) is 4.99 Å². The predicted molar refractivity (Wildman–Crippen MR) is 106 cm³/mol. The first-order valence-electron chi connectivity index (χ1n) is 7.34. The molecule has 1 aliphatic rings. The third-order valence-corrected chi connectivity index (χ3v) is 4.34. The number of nitrogens with one attached hydrogen (secondary N) is 2. The molecule has 0 fully saturated rings. The molecule has 0 heterocycles. The maximum absolute atomic E-state index is 11.3. The van der Waals surface area contributed by atoms with Crippen molar-refractivity contribution < 1.29 is 8.42 Å². The van der Waals surface area contributed by atoms with Crippen LogP contribution in [-0.4, -0.2) is 33.7 Å². The second-order valence-corrected chi connectivity index (χ2v) is 7.74. The van der Waals surface area contributed by atoms with E-state index in [2.05, 4.69) is 27.8 Å². The number of guanidine groups is 1. The molecule has 0 saturated carbocycles. The minimum atomic E-state index is -2.98. The third kappa shape index (κ3) is 7.34. The Labute approximate surface area is 155 Å². The second-order valence-electron chi connectivity index (χ2n) is 5.60. The van der Waals surface area contributed by atoms with Crippen LogP contribution in [0.1, 0.15) is 24.0 Å². The Balaban J connectivity index is 0.00000264. The van der Waals surface area contributed by atoms with Crippen molar-refractivity contribution in [1.82, 2.24) is 10.6 Å². The van der Waals surface area contributed by atoms with Gasteiger partial charge in [-0.05, 0) is 24.0 Å². The molecule has 7 heteroatoms. The highest BCUT2D eigenvalue weighted by molar-refractivity contribution is 14.0. The summed E-state index contributed by atoms with van der Waals surface area (Å²) in [5.74, 6) is 0.868. The molecule has 1 aromatic rings. The summed E-state index contributed by atoms with van der Waals surface area (Å²) in [7, 11) is -1.23. The van der Waals surface area contributed by atoms with Gasteiger partial charge in [-0.15, -0.1) is 24.0 Å². The summed E-state index contributed by atoms with van der Waals surface area (Å²) in [4.78, 5) is 4.22. The van der Waals surface area contributed by atoms with E-state index in [0.717, 1.165) is 29.9 Å². The Morgan fingerprint density at radius 3 is 2.26 bits per heavy atom. The molecule has 0 atom stereocenters. The number of sulfone groups is 1. The van der Waals surface area contributed by atoms with Crippen molar-refractivity contribution in [2.75, 3.05) is 13.3 Å². The summed E-state index contributed by atoms with van der Waals surface area (Å²) in [6, 6.07) is 8.02. The normalized spacial score (nSPS) is 15.3. The predicted octanol–water partition coefficient (Wildman–Crippen LogP) is 2.23. The molecular weight excluding hydrogens is 425 g/mol. The molecule has 0 unspecified atom stereocenters. The topological polar surface area (TPSA) is 70.6 Å². The van der Waals surface area contributed by atoms with Crippen LogP contribution in [0.3, 0.4) is 0 Å². The number of hydrogen-bond donors (Lipinski definition) is 2. The van der Waals surface area contributed by atoms with E-state index in [4.69, 9.17) is 0 Å². The van der Waals surface area contributed by atoms with Gasteiger partial charge in [-0.3, -0.25) is 4.99 Å².